The summed E-state index contributed by atoms with van der Waals surface area (Å²) >= 11 is 0. The second-order valence-electron chi connectivity index (χ2n) is 6.21. The van der Waals surface area contributed by atoms with Crippen molar-refractivity contribution in [3.63, 3.8) is 0 Å². The van der Waals surface area contributed by atoms with Gasteiger partial charge in [0.15, 0.2) is 17.1 Å². The van der Waals surface area contributed by atoms with Crippen LogP contribution in [-0.2, 0) is 0 Å². The third kappa shape index (κ3) is 2.99. The number of nitrogens with two attached hydrogens (primary N) is 1. The first-order valence-electron chi connectivity index (χ1n) is 8.70. The maximum absolute atomic E-state index is 6.12. The Morgan fingerprint density at radius 1 is 0.821 bits per heavy atom. The second kappa shape index (κ2) is 7.15. The minimum atomic E-state index is 0.516. The van der Waals surface area contributed by atoms with Gasteiger partial charge in [-0.15, -0.1) is 0 Å². The molecule has 0 saturated carbocycles. The molecule has 0 atom stereocenters. The summed E-state index contributed by atoms with van der Waals surface area (Å²) in [6.45, 7) is 0. The molecule has 0 aliphatic heterocycles. The van der Waals surface area contributed by atoms with E-state index in [4.69, 9.17) is 24.4 Å². The molecule has 4 aromatic rings. The van der Waals surface area contributed by atoms with E-state index in [0.29, 0.717) is 34.4 Å². The lowest BCUT2D eigenvalue weighted by atomic mass is 10.0. The van der Waals surface area contributed by atoms with Gasteiger partial charge in [-0.1, -0.05) is 18.2 Å². The predicted octanol–water partition coefficient (Wildman–Crippen LogP) is 4.77. The molecule has 0 radical (unpaired) electrons. The van der Waals surface area contributed by atoms with Crippen LogP contribution < -0.4 is 19.9 Å². The number of hydrogen-bond donors (Lipinski definition) is 1. The zero-order chi connectivity index (χ0) is 19.7. The van der Waals surface area contributed by atoms with E-state index in [1.54, 1.807) is 21.3 Å². The molecule has 0 saturated heterocycles. The third-order valence-corrected chi connectivity index (χ3v) is 4.52. The summed E-state index contributed by atoms with van der Waals surface area (Å²) in [6.07, 6.45) is 0. The van der Waals surface area contributed by atoms with Gasteiger partial charge in [0.1, 0.15) is 5.52 Å². The number of benzene rings is 3. The number of nitrogen functional groups attached to an aromatic ring is 1. The first-order valence-corrected chi connectivity index (χ1v) is 8.70. The molecule has 0 bridgehead atoms. The van der Waals surface area contributed by atoms with Crippen LogP contribution in [0.3, 0.4) is 0 Å². The van der Waals surface area contributed by atoms with Crippen LogP contribution in [0.5, 0.6) is 17.2 Å². The summed E-state index contributed by atoms with van der Waals surface area (Å²) in [5.41, 5.74) is 10.6. The highest BCUT2D eigenvalue weighted by Crippen LogP contribution is 2.43. The van der Waals surface area contributed by atoms with Gasteiger partial charge >= 0.3 is 0 Å². The molecule has 4 rings (SSSR count). The zero-order valence-corrected chi connectivity index (χ0v) is 15.9. The fourth-order valence-electron chi connectivity index (χ4n) is 3.21. The van der Waals surface area contributed by atoms with E-state index in [-0.39, 0.29) is 0 Å². The molecule has 0 spiro atoms. The number of oxazole rings is 1. The Balaban J connectivity index is 1.90. The minimum Gasteiger partial charge on any atom is -0.493 e. The largest absolute Gasteiger partial charge is 0.493 e. The lowest BCUT2D eigenvalue weighted by Crippen LogP contribution is -1.95. The average molecular weight is 376 g/mol. The second-order valence-corrected chi connectivity index (χ2v) is 6.21. The quantitative estimate of drug-likeness (QED) is 0.506. The van der Waals surface area contributed by atoms with E-state index < -0.39 is 0 Å². The monoisotopic (exact) mass is 376 g/mol. The molecular weight excluding hydrogens is 356 g/mol. The van der Waals surface area contributed by atoms with E-state index in [9.17, 15) is 0 Å². The highest BCUT2D eigenvalue weighted by Gasteiger charge is 2.18. The number of rotatable bonds is 5. The van der Waals surface area contributed by atoms with Crippen LogP contribution in [0.15, 0.2) is 59.0 Å². The van der Waals surface area contributed by atoms with Crippen molar-refractivity contribution in [3.8, 4) is 39.8 Å². The molecule has 0 fully saturated rings. The molecule has 0 amide bonds. The van der Waals surface area contributed by atoms with Gasteiger partial charge in [-0.25, -0.2) is 4.98 Å². The Kier molecular flexibility index (Phi) is 4.53. The van der Waals surface area contributed by atoms with Crippen molar-refractivity contribution < 1.29 is 18.6 Å². The van der Waals surface area contributed by atoms with Crippen LogP contribution in [0.2, 0.25) is 0 Å². The number of hydrogen-bond acceptors (Lipinski definition) is 6. The van der Waals surface area contributed by atoms with Gasteiger partial charge in [-0.05, 0) is 42.0 Å². The third-order valence-electron chi connectivity index (χ3n) is 4.52. The molecule has 6 nitrogen and oxygen atoms in total. The smallest absolute Gasteiger partial charge is 0.227 e. The number of anilines is 1. The van der Waals surface area contributed by atoms with Gasteiger partial charge in [-0.2, -0.15) is 0 Å². The zero-order valence-electron chi connectivity index (χ0n) is 15.9. The number of nitrogens with zero attached hydrogens (tertiary/aromatic N) is 1. The van der Waals surface area contributed by atoms with Gasteiger partial charge in [0.25, 0.3) is 0 Å². The number of para-hydroxylation sites is 1. The van der Waals surface area contributed by atoms with Crippen molar-refractivity contribution in [1.82, 2.24) is 4.98 Å². The van der Waals surface area contributed by atoms with E-state index >= 15 is 0 Å². The van der Waals surface area contributed by atoms with Crippen LogP contribution in [0.4, 0.5) is 5.69 Å². The summed E-state index contributed by atoms with van der Waals surface area (Å²) < 4.78 is 22.5. The average Bonchev–Trinajstić information content (AvgIpc) is 3.17. The highest BCUT2D eigenvalue weighted by atomic mass is 16.5. The van der Waals surface area contributed by atoms with Gasteiger partial charge in [-0.3, -0.25) is 0 Å². The lowest BCUT2D eigenvalue weighted by Gasteiger charge is -2.14. The minimum absolute atomic E-state index is 0.516. The first-order chi connectivity index (χ1) is 13.6. The van der Waals surface area contributed by atoms with Gasteiger partial charge < -0.3 is 24.4 Å². The maximum atomic E-state index is 6.12. The summed E-state index contributed by atoms with van der Waals surface area (Å²) in [4.78, 5) is 4.62. The van der Waals surface area contributed by atoms with Gasteiger partial charge in [0, 0.05) is 16.8 Å². The number of aromatic nitrogens is 1. The van der Waals surface area contributed by atoms with E-state index in [0.717, 1.165) is 22.2 Å². The highest BCUT2D eigenvalue weighted by molar-refractivity contribution is 5.92. The Bertz CT molecular complexity index is 1130. The Morgan fingerprint density at radius 2 is 1.54 bits per heavy atom. The molecule has 3 aromatic carbocycles. The Labute approximate surface area is 162 Å². The van der Waals surface area contributed by atoms with E-state index in [1.165, 1.54) is 0 Å². The van der Waals surface area contributed by atoms with Crippen molar-refractivity contribution in [3.05, 3.63) is 54.6 Å². The van der Waals surface area contributed by atoms with Crippen LogP contribution in [-0.4, -0.2) is 26.3 Å². The normalized spacial score (nSPS) is 10.8. The molecular formula is C22H20N2O4. The SMILES string of the molecule is COc1cc(-c2cccc3nc(-c4cccc(N)c4)oc23)cc(OC)c1OC. The van der Waals surface area contributed by atoms with Crippen molar-refractivity contribution >= 4 is 16.8 Å². The molecule has 2 N–H and O–H groups in total. The standard InChI is InChI=1S/C22H20N2O4/c1-25-18-11-14(12-19(26-2)21(18)27-3)16-8-5-9-17-20(16)28-22(24-17)13-6-4-7-15(23)10-13/h4-12H,23H2,1-3H3. The summed E-state index contributed by atoms with van der Waals surface area (Å²) in [7, 11) is 4.76. The summed E-state index contributed by atoms with van der Waals surface area (Å²) in [5, 5.41) is 0. The Hall–Kier alpha value is -3.67. The van der Waals surface area contributed by atoms with E-state index in [2.05, 4.69) is 4.98 Å². The van der Waals surface area contributed by atoms with Crippen molar-refractivity contribution in [1.29, 1.82) is 0 Å². The molecule has 142 valence electrons. The fourth-order valence-corrected chi connectivity index (χ4v) is 3.21. The summed E-state index contributed by atoms with van der Waals surface area (Å²) in [6, 6.07) is 17.1. The van der Waals surface area contributed by atoms with Gasteiger partial charge in [0.2, 0.25) is 11.6 Å². The van der Waals surface area contributed by atoms with Crippen LogP contribution in [0.25, 0.3) is 33.7 Å². The molecule has 0 aliphatic carbocycles. The van der Waals surface area contributed by atoms with Crippen molar-refractivity contribution in [2.45, 2.75) is 0 Å². The van der Waals surface area contributed by atoms with Gasteiger partial charge in [0.05, 0.1) is 21.3 Å². The van der Waals surface area contributed by atoms with Crippen LogP contribution >= 0.6 is 0 Å². The number of methoxy groups -OCH3 is 3. The molecule has 0 aliphatic rings. The molecule has 1 aromatic heterocycles. The van der Waals surface area contributed by atoms with Crippen LogP contribution in [0.1, 0.15) is 0 Å². The fraction of sp³-hybridized carbons (Fsp3) is 0.136. The maximum Gasteiger partial charge on any atom is 0.227 e. The first kappa shape index (κ1) is 17.7. The molecule has 6 heteroatoms. The lowest BCUT2D eigenvalue weighted by molar-refractivity contribution is 0.324. The predicted molar refractivity (Wildman–Crippen MR) is 109 cm³/mol. The summed E-state index contributed by atoms with van der Waals surface area (Å²) in [5.74, 6) is 2.20. The van der Waals surface area contributed by atoms with E-state index in [1.807, 2.05) is 54.6 Å². The topological polar surface area (TPSA) is 79.7 Å². The van der Waals surface area contributed by atoms with Crippen LogP contribution in [0, 0.1) is 0 Å². The van der Waals surface area contributed by atoms with Crippen molar-refractivity contribution in [2.75, 3.05) is 27.1 Å². The molecule has 0 unspecified atom stereocenters. The van der Waals surface area contributed by atoms with Crippen molar-refractivity contribution in [2.24, 2.45) is 0 Å². The number of ether oxygens (including phenoxy) is 3. The molecule has 28 heavy (non-hydrogen) atoms. The Morgan fingerprint density at radius 3 is 2.18 bits per heavy atom. The molecule has 1 heterocycles. The number of fused-ring (bicyclic) bond motifs is 1.